The van der Waals surface area contributed by atoms with E-state index >= 15 is 0 Å². The molecule has 5 aromatic carbocycles. The fourth-order valence-corrected chi connectivity index (χ4v) is 7.29. The van der Waals surface area contributed by atoms with E-state index in [-0.39, 0.29) is 11.6 Å². The molecule has 284 valence electrons. The fourth-order valence-electron chi connectivity index (χ4n) is 5.54. The van der Waals surface area contributed by atoms with Crippen LogP contribution in [0.2, 0.25) is 0 Å². The number of ether oxygens (including phenoxy) is 4. The van der Waals surface area contributed by atoms with Gasteiger partial charge in [-0.2, -0.15) is 0 Å². The number of hydrogen-bond acceptors (Lipinski definition) is 10. The lowest BCUT2D eigenvalue weighted by atomic mass is 10.1. The van der Waals surface area contributed by atoms with Crippen LogP contribution < -0.4 is 34.9 Å². The SMILES string of the molecule is COc1ccc(-c2csc(NC(=O)C(Sc3ccc(NC(=O)/C(=C/c4cc(OC)c(OC)c(OC)c4)NC(=O)c4ccccc4)cc3)c3ccccc3)n2)cc1. The molecule has 6 rings (SSSR count). The Morgan fingerprint density at radius 3 is 1.98 bits per heavy atom. The summed E-state index contributed by atoms with van der Waals surface area (Å²) in [7, 11) is 6.10. The first-order valence-electron chi connectivity index (χ1n) is 17.2. The van der Waals surface area contributed by atoms with Gasteiger partial charge < -0.3 is 34.9 Å². The maximum absolute atomic E-state index is 13.8. The van der Waals surface area contributed by atoms with Crippen molar-refractivity contribution in [3.63, 3.8) is 0 Å². The molecular formula is C43H38N4O7S2. The van der Waals surface area contributed by atoms with Gasteiger partial charge in [0.25, 0.3) is 11.8 Å². The Balaban J connectivity index is 1.20. The number of benzene rings is 5. The zero-order valence-corrected chi connectivity index (χ0v) is 32.5. The van der Waals surface area contributed by atoms with Crippen molar-refractivity contribution in [2.75, 3.05) is 39.1 Å². The van der Waals surface area contributed by atoms with Gasteiger partial charge >= 0.3 is 0 Å². The molecule has 0 radical (unpaired) electrons. The predicted molar refractivity (Wildman–Crippen MR) is 221 cm³/mol. The Morgan fingerprint density at radius 2 is 1.38 bits per heavy atom. The number of thioether (sulfide) groups is 1. The number of amides is 3. The van der Waals surface area contributed by atoms with Gasteiger partial charge in [0.05, 0.1) is 34.1 Å². The molecule has 1 heterocycles. The summed E-state index contributed by atoms with van der Waals surface area (Å²) >= 11 is 2.71. The average Bonchev–Trinajstić information content (AvgIpc) is 3.71. The van der Waals surface area contributed by atoms with Crippen LogP contribution in [0.4, 0.5) is 10.8 Å². The molecule has 6 aromatic rings. The first kappa shape index (κ1) is 39.1. The molecule has 0 bridgehead atoms. The molecule has 13 heteroatoms. The summed E-state index contributed by atoms with van der Waals surface area (Å²) in [4.78, 5) is 46.2. The molecule has 0 aliphatic rings. The van der Waals surface area contributed by atoms with Crippen LogP contribution in [0.5, 0.6) is 23.0 Å². The van der Waals surface area contributed by atoms with Crippen LogP contribution in [-0.4, -0.2) is 51.1 Å². The molecule has 0 saturated carbocycles. The molecule has 0 saturated heterocycles. The largest absolute Gasteiger partial charge is 0.497 e. The van der Waals surface area contributed by atoms with E-state index in [2.05, 4.69) is 20.9 Å². The van der Waals surface area contributed by atoms with Crippen molar-refractivity contribution in [2.45, 2.75) is 10.1 Å². The summed E-state index contributed by atoms with van der Waals surface area (Å²) in [6.45, 7) is 0. The minimum Gasteiger partial charge on any atom is -0.497 e. The highest BCUT2D eigenvalue weighted by atomic mass is 32.2. The highest BCUT2D eigenvalue weighted by molar-refractivity contribution is 8.00. The van der Waals surface area contributed by atoms with Crippen LogP contribution in [0.25, 0.3) is 17.3 Å². The van der Waals surface area contributed by atoms with E-state index in [9.17, 15) is 14.4 Å². The molecule has 0 aliphatic carbocycles. The molecule has 0 aliphatic heterocycles. The predicted octanol–water partition coefficient (Wildman–Crippen LogP) is 8.73. The van der Waals surface area contributed by atoms with E-state index in [1.165, 1.54) is 50.5 Å². The Hall–Kier alpha value is -6.57. The molecule has 1 unspecified atom stereocenters. The van der Waals surface area contributed by atoms with Crippen LogP contribution in [0.15, 0.2) is 137 Å². The lowest BCUT2D eigenvalue weighted by molar-refractivity contribution is -0.116. The van der Waals surface area contributed by atoms with Crippen molar-refractivity contribution in [2.24, 2.45) is 0 Å². The maximum atomic E-state index is 13.8. The minimum absolute atomic E-state index is 0.0234. The van der Waals surface area contributed by atoms with E-state index in [1.54, 1.807) is 61.7 Å². The smallest absolute Gasteiger partial charge is 0.272 e. The normalized spacial score (nSPS) is 11.5. The summed E-state index contributed by atoms with van der Waals surface area (Å²) in [5, 5.41) is 10.4. The lowest BCUT2D eigenvalue weighted by Gasteiger charge is -2.17. The van der Waals surface area contributed by atoms with E-state index in [0.717, 1.165) is 27.5 Å². The summed E-state index contributed by atoms with van der Waals surface area (Å²) in [5.74, 6) is 0.634. The summed E-state index contributed by atoms with van der Waals surface area (Å²) in [6, 6.07) is 36.1. The van der Waals surface area contributed by atoms with Gasteiger partial charge in [0, 0.05) is 27.1 Å². The third-order valence-corrected chi connectivity index (χ3v) is 10.4. The van der Waals surface area contributed by atoms with E-state index in [0.29, 0.717) is 39.2 Å². The molecule has 11 nitrogen and oxygen atoms in total. The van der Waals surface area contributed by atoms with Gasteiger partial charge in [-0.3, -0.25) is 14.4 Å². The standard InChI is InChI=1S/C43H38N4O7S2/c1-51-32-19-15-28(16-20-32)35-26-55-43(46-35)47-42(50)39(29-11-7-5-8-12-29)56-33-21-17-31(18-22-33)44-41(49)34(45-40(48)30-13-9-6-10-14-30)23-27-24-36(52-2)38(54-4)37(25-27)53-3/h5-26,39H,1-4H3,(H,44,49)(H,45,48)(H,46,47,50)/b34-23-. The fraction of sp³-hybridized carbons (Fsp3) is 0.116. The zero-order chi connectivity index (χ0) is 39.4. The van der Waals surface area contributed by atoms with Crippen molar-refractivity contribution in [1.82, 2.24) is 10.3 Å². The quantitative estimate of drug-likeness (QED) is 0.0690. The summed E-state index contributed by atoms with van der Waals surface area (Å²) in [5.41, 5.74) is 3.81. The van der Waals surface area contributed by atoms with Gasteiger partial charge in [-0.1, -0.05) is 48.5 Å². The van der Waals surface area contributed by atoms with E-state index in [4.69, 9.17) is 18.9 Å². The van der Waals surface area contributed by atoms with Gasteiger partial charge in [0.2, 0.25) is 11.7 Å². The molecule has 0 spiro atoms. The number of thiazole rings is 1. The number of methoxy groups -OCH3 is 4. The molecule has 56 heavy (non-hydrogen) atoms. The monoisotopic (exact) mass is 786 g/mol. The number of carbonyl (C=O) groups excluding carboxylic acids is 3. The number of rotatable bonds is 15. The van der Waals surface area contributed by atoms with Crippen molar-refractivity contribution in [1.29, 1.82) is 0 Å². The third-order valence-electron chi connectivity index (χ3n) is 8.35. The zero-order valence-electron chi connectivity index (χ0n) is 30.9. The molecule has 3 N–H and O–H groups in total. The second kappa shape index (κ2) is 18.7. The first-order valence-corrected chi connectivity index (χ1v) is 19.0. The number of nitrogens with zero attached hydrogens (tertiary/aromatic N) is 1. The van der Waals surface area contributed by atoms with Crippen molar-refractivity contribution >= 4 is 57.7 Å². The van der Waals surface area contributed by atoms with Gasteiger partial charge in [-0.05, 0) is 90.0 Å². The second-order valence-corrected chi connectivity index (χ2v) is 14.0. The van der Waals surface area contributed by atoms with Crippen LogP contribution in [0.1, 0.15) is 26.7 Å². The van der Waals surface area contributed by atoms with E-state index < -0.39 is 17.1 Å². The second-order valence-electron chi connectivity index (χ2n) is 12.0. The number of aromatic nitrogens is 1. The number of hydrogen-bond donors (Lipinski definition) is 3. The number of anilines is 2. The first-order chi connectivity index (χ1) is 27.3. The van der Waals surface area contributed by atoms with Crippen LogP contribution in [0.3, 0.4) is 0 Å². The Bertz CT molecular complexity index is 2290. The summed E-state index contributed by atoms with van der Waals surface area (Å²) in [6.07, 6.45) is 1.52. The van der Waals surface area contributed by atoms with Gasteiger partial charge in [-0.15, -0.1) is 23.1 Å². The third kappa shape index (κ3) is 9.75. The average molecular weight is 787 g/mol. The van der Waals surface area contributed by atoms with Crippen LogP contribution in [-0.2, 0) is 9.59 Å². The Labute approximate surface area is 332 Å². The van der Waals surface area contributed by atoms with Crippen LogP contribution in [0, 0.1) is 0 Å². The highest BCUT2D eigenvalue weighted by Gasteiger charge is 2.24. The molecule has 1 atom stereocenters. The Morgan fingerprint density at radius 1 is 0.732 bits per heavy atom. The van der Waals surface area contributed by atoms with Gasteiger partial charge in [0.15, 0.2) is 16.6 Å². The van der Waals surface area contributed by atoms with Crippen molar-refractivity contribution < 1.29 is 33.3 Å². The lowest BCUT2D eigenvalue weighted by Crippen LogP contribution is -2.30. The van der Waals surface area contributed by atoms with E-state index in [1.807, 2.05) is 72.1 Å². The maximum Gasteiger partial charge on any atom is 0.272 e. The Kier molecular flexibility index (Phi) is 13.0. The number of nitrogens with one attached hydrogen (secondary N) is 3. The minimum atomic E-state index is -0.605. The highest BCUT2D eigenvalue weighted by Crippen LogP contribution is 2.39. The van der Waals surface area contributed by atoms with Gasteiger partial charge in [-0.25, -0.2) is 4.98 Å². The summed E-state index contributed by atoms with van der Waals surface area (Å²) < 4.78 is 21.7. The topological polar surface area (TPSA) is 137 Å². The molecule has 1 aromatic heterocycles. The number of carbonyl (C=O) groups is 3. The van der Waals surface area contributed by atoms with Gasteiger partial charge in [0.1, 0.15) is 16.7 Å². The van der Waals surface area contributed by atoms with Crippen LogP contribution >= 0.6 is 23.1 Å². The molecular weight excluding hydrogens is 749 g/mol. The molecule has 0 fully saturated rings. The van der Waals surface area contributed by atoms with Crippen molar-refractivity contribution in [3.8, 4) is 34.3 Å². The van der Waals surface area contributed by atoms with Crippen molar-refractivity contribution in [3.05, 3.63) is 149 Å². The molecule has 3 amide bonds.